The van der Waals surface area contributed by atoms with E-state index in [2.05, 4.69) is 26.2 Å². The van der Waals surface area contributed by atoms with E-state index < -0.39 is 0 Å². The Morgan fingerprint density at radius 2 is 1.83 bits per heavy atom. The van der Waals surface area contributed by atoms with Crippen molar-refractivity contribution in [2.75, 3.05) is 37.6 Å². The first-order chi connectivity index (χ1) is 14.7. The van der Waals surface area contributed by atoms with E-state index in [1.165, 1.54) is 12.5 Å². The summed E-state index contributed by atoms with van der Waals surface area (Å²) < 4.78 is 14.2. The van der Waals surface area contributed by atoms with Crippen LogP contribution in [0.4, 0.5) is 10.1 Å². The van der Waals surface area contributed by atoms with Crippen LogP contribution >= 0.6 is 0 Å². The van der Waals surface area contributed by atoms with E-state index in [0.717, 1.165) is 57.4 Å². The Morgan fingerprint density at radius 3 is 2.53 bits per heavy atom. The van der Waals surface area contributed by atoms with Crippen molar-refractivity contribution in [2.45, 2.75) is 38.1 Å². The molecule has 0 spiro atoms. The maximum absolute atomic E-state index is 14.2. The van der Waals surface area contributed by atoms with Gasteiger partial charge in [-0.2, -0.15) is 0 Å². The lowest BCUT2D eigenvalue weighted by atomic mass is 9.88. The zero-order valence-electron chi connectivity index (χ0n) is 17.5. The van der Waals surface area contributed by atoms with Gasteiger partial charge in [-0.15, -0.1) is 0 Å². The van der Waals surface area contributed by atoms with Crippen molar-refractivity contribution in [1.82, 2.24) is 15.2 Å². The minimum Gasteiger partial charge on any atom is -0.367 e. The number of piperazine rings is 1. The van der Waals surface area contributed by atoms with Crippen molar-refractivity contribution >= 4 is 11.6 Å². The fraction of sp³-hybridized carbons (Fsp3) is 0.500. The third-order valence-corrected chi connectivity index (χ3v) is 6.46. The van der Waals surface area contributed by atoms with Gasteiger partial charge in [0.1, 0.15) is 5.82 Å². The summed E-state index contributed by atoms with van der Waals surface area (Å²) in [6.07, 6.45) is 9.23. The second-order valence-electron chi connectivity index (χ2n) is 8.36. The number of nitrogens with one attached hydrogen (secondary N) is 1. The smallest absolute Gasteiger partial charge is 0.223 e. The van der Waals surface area contributed by atoms with Crippen molar-refractivity contribution in [3.63, 3.8) is 0 Å². The van der Waals surface area contributed by atoms with Gasteiger partial charge in [-0.25, -0.2) is 4.39 Å². The number of para-hydroxylation sites is 1. The monoisotopic (exact) mass is 410 g/mol. The van der Waals surface area contributed by atoms with Crippen LogP contribution in [0.2, 0.25) is 0 Å². The molecule has 1 atom stereocenters. The third-order valence-electron chi connectivity index (χ3n) is 6.46. The average Bonchev–Trinajstić information content (AvgIpc) is 2.81. The molecule has 1 N–H and O–H groups in total. The van der Waals surface area contributed by atoms with Crippen LogP contribution in [0.3, 0.4) is 0 Å². The van der Waals surface area contributed by atoms with E-state index in [4.69, 9.17) is 0 Å². The first-order valence-electron chi connectivity index (χ1n) is 11.1. The van der Waals surface area contributed by atoms with Gasteiger partial charge in [0.05, 0.1) is 11.7 Å². The Balaban J connectivity index is 1.40. The summed E-state index contributed by atoms with van der Waals surface area (Å²) in [5, 5.41) is 3.22. The van der Waals surface area contributed by atoms with E-state index >= 15 is 0 Å². The van der Waals surface area contributed by atoms with Crippen molar-refractivity contribution in [3.05, 3.63) is 60.2 Å². The van der Waals surface area contributed by atoms with Gasteiger partial charge in [0.25, 0.3) is 0 Å². The molecule has 1 aliphatic heterocycles. The molecule has 2 fully saturated rings. The number of aromatic nitrogens is 1. The summed E-state index contributed by atoms with van der Waals surface area (Å²) in [6.45, 7) is 3.73. The van der Waals surface area contributed by atoms with Crippen LogP contribution in [-0.2, 0) is 4.79 Å². The fourth-order valence-corrected chi connectivity index (χ4v) is 4.72. The Hall–Kier alpha value is -2.47. The lowest BCUT2D eigenvalue weighted by molar-refractivity contribution is -0.126. The number of nitrogens with zero attached hydrogens (tertiary/aromatic N) is 3. The maximum atomic E-state index is 14.2. The largest absolute Gasteiger partial charge is 0.367 e. The van der Waals surface area contributed by atoms with Gasteiger partial charge < -0.3 is 10.2 Å². The summed E-state index contributed by atoms with van der Waals surface area (Å²) in [7, 11) is 0. The summed E-state index contributed by atoms with van der Waals surface area (Å²) in [6, 6.07) is 11.1. The van der Waals surface area contributed by atoms with Crippen LogP contribution in [0.25, 0.3) is 0 Å². The van der Waals surface area contributed by atoms with Crippen LogP contribution in [0.1, 0.15) is 43.7 Å². The molecule has 2 heterocycles. The standard InChI is InChI=1S/C24H31FN4O/c25-21-10-4-5-11-22(21)28-13-15-29(16-14-28)23(20-9-6-12-26-17-20)18-27-24(30)19-7-2-1-3-8-19/h4-6,9-12,17,19,23H,1-3,7-8,13-16,18H2,(H,27,30)/t23-/m0/s1. The predicted octanol–water partition coefficient (Wildman–Crippen LogP) is 3.78. The number of rotatable bonds is 6. The number of pyridine rings is 1. The summed E-state index contributed by atoms with van der Waals surface area (Å²) >= 11 is 0. The highest BCUT2D eigenvalue weighted by atomic mass is 19.1. The van der Waals surface area contributed by atoms with Gasteiger partial charge in [0.2, 0.25) is 5.91 Å². The van der Waals surface area contributed by atoms with E-state index in [1.807, 2.05) is 24.4 Å². The molecule has 2 aliphatic rings. The summed E-state index contributed by atoms with van der Waals surface area (Å²) in [5.74, 6) is 0.175. The minimum absolute atomic E-state index is 0.0778. The van der Waals surface area contributed by atoms with Gasteiger partial charge in [-0.1, -0.05) is 37.5 Å². The molecular formula is C24H31FN4O. The van der Waals surface area contributed by atoms with Crippen LogP contribution in [0.15, 0.2) is 48.8 Å². The molecule has 1 amide bonds. The van der Waals surface area contributed by atoms with Crippen LogP contribution < -0.4 is 10.2 Å². The Labute approximate surface area is 178 Å². The molecule has 1 saturated carbocycles. The van der Waals surface area contributed by atoms with Gasteiger partial charge >= 0.3 is 0 Å². The van der Waals surface area contributed by atoms with Crippen molar-refractivity contribution in [3.8, 4) is 0 Å². The SMILES string of the molecule is O=C(NC[C@@H](c1cccnc1)N1CCN(c2ccccc2F)CC1)C1CCCCC1. The number of anilines is 1. The van der Waals surface area contributed by atoms with Gasteiger partial charge in [0, 0.05) is 51.0 Å². The molecule has 0 unspecified atom stereocenters. The molecule has 1 aromatic carbocycles. The fourth-order valence-electron chi connectivity index (χ4n) is 4.72. The number of carbonyl (C=O) groups is 1. The average molecular weight is 411 g/mol. The van der Waals surface area contributed by atoms with Gasteiger partial charge in [-0.05, 0) is 36.6 Å². The molecule has 1 saturated heterocycles. The van der Waals surface area contributed by atoms with Crippen molar-refractivity contribution in [2.24, 2.45) is 5.92 Å². The van der Waals surface area contributed by atoms with E-state index in [9.17, 15) is 9.18 Å². The predicted molar refractivity (Wildman–Crippen MR) is 117 cm³/mol. The highest BCUT2D eigenvalue weighted by Gasteiger charge is 2.28. The Bertz CT molecular complexity index is 817. The molecule has 160 valence electrons. The number of benzene rings is 1. The highest BCUT2D eigenvalue weighted by molar-refractivity contribution is 5.78. The molecule has 0 bridgehead atoms. The molecule has 4 rings (SSSR count). The number of carbonyl (C=O) groups excluding carboxylic acids is 1. The molecular weight excluding hydrogens is 379 g/mol. The highest BCUT2D eigenvalue weighted by Crippen LogP contribution is 2.26. The first kappa shape index (κ1) is 20.8. The molecule has 6 heteroatoms. The topological polar surface area (TPSA) is 48.5 Å². The van der Waals surface area contributed by atoms with Crippen molar-refractivity contribution < 1.29 is 9.18 Å². The minimum atomic E-state index is -0.172. The number of amides is 1. The van der Waals surface area contributed by atoms with Crippen molar-refractivity contribution in [1.29, 1.82) is 0 Å². The molecule has 1 aliphatic carbocycles. The lowest BCUT2D eigenvalue weighted by Gasteiger charge is -2.40. The number of halogens is 1. The molecule has 0 radical (unpaired) electrons. The Morgan fingerprint density at radius 1 is 1.07 bits per heavy atom. The van der Waals surface area contributed by atoms with E-state index in [1.54, 1.807) is 12.3 Å². The Kier molecular flexibility index (Phi) is 6.95. The van der Waals surface area contributed by atoms with Crippen LogP contribution in [0.5, 0.6) is 0 Å². The zero-order valence-corrected chi connectivity index (χ0v) is 17.5. The van der Waals surface area contributed by atoms with Crippen LogP contribution in [0, 0.1) is 11.7 Å². The molecule has 1 aromatic heterocycles. The second kappa shape index (κ2) is 10.0. The van der Waals surface area contributed by atoms with Gasteiger partial charge in [0.15, 0.2) is 0 Å². The number of hydrogen-bond donors (Lipinski definition) is 1. The van der Waals surface area contributed by atoms with Gasteiger partial charge in [-0.3, -0.25) is 14.7 Å². The molecule has 2 aromatic rings. The summed E-state index contributed by atoms with van der Waals surface area (Å²) in [5.41, 5.74) is 1.78. The quantitative estimate of drug-likeness (QED) is 0.787. The maximum Gasteiger partial charge on any atom is 0.223 e. The normalized spacial score (nSPS) is 19.4. The lowest BCUT2D eigenvalue weighted by Crippen LogP contribution is -2.50. The van der Waals surface area contributed by atoms with E-state index in [-0.39, 0.29) is 23.7 Å². The summed E-state index contributed by atoms with van der Waals surface area (Å²) in [4.78, 5) is 21.5. The number of hydrogen-bond acceptors (Lipinski definition) is 4. The van der Waals surface area contributed by atoms with E-state index in [0.29, 0.717) is 12.2 Å². The first-order valence-corrected chi connectivity index (χ1v) is 11.1. The molecule has 30 heavy (non-hydrogen) atoms. The third kappa shape index (κ3) is 4.98. The second-order valence-corrected chi connectivity index (χ2v) is 8.36. The zero-order chi connectivity index (χ0) is 20.8. The van der Waals surface area contributed by atoms with Crippen LogP contribution in [-0.4, -0.2) is 48.5 Å². The molecule has 5 nitrogen and oxygen atoms in total.